The fourth-order valence-corrected chi connectivity index (χ4v) is 4.89. The number of aliphatic carboxylic acids is 2. The number of carboxylic acid groups (broad SMARTS) is 2. The lowest BCUT2D eigenvalue weighted by Gasteiger charge is -2.29. The lowest BCUT2D eigenvalue weighted by molar-refractivity contribution is -0.148. The highest BCUT2D eigenvalue weighted by molar-refractivity contribution is 6.04. The molecule has 0 aliphatic carbocycles. The number of aromatic nitrogens is 1. The molecule has 3 N–H and O–H groups in total. The molecule has 44 heavy (non-hydrogen) atoms. The van der Waals surface area contributed by atoms with E-state index in [0.29, 0.717) is 6.42 Å². The van der Waals surface area contributed by atoms with Gasteiger partial charge >= 0.3 is 23.9 Å². The third-order valence-corrected chi connectivity index (χ3v) is 7.10. The van der Waals surface area contributed by atoms with Crippen molar-refractivity contribution in [2.45, 2.75) is 57.9 Å². The number of amides is 3. The molecule has 0 radical (unpaired) electrons. The molecule has 3 amide bonds. The zero-order chi connectivity index (χ0) is 32.2. The average Bonchev–Trinajstić information content (AvgIpc) is 3.00. The number of ether oxygens (including phenoxy) is 1. The fraction of sp³-hybridized carbons (Fsp3) is 0.333. The minimum absolute atomic E-state index is 0.0429. The Morgan fingerprint density at radius 1 is 0.886 bits per heavy atom. The van der Waals surface area contributed by atoms with Gasteiger partial charge in [0, 0.05) is 24.5 Å². The predicted molar refractivity (Wildman–Crippen MR) is 163 cm³/mol. The molecular weight excluding hydrogens is 566 g/mol. The van der Waals surface area contributed by atoms with Crippen LogP contribution in [0.4, 0.5) is 10.5 Å². The van der Waals surface area contributed by atoms with E-state index in [2.05, 4.69) is 15.0 Å². The number of imide groups is 1. The summed E-state index contributed by atoms with van der Waals surface area (Å²) in [6.45, 7) is 3.58. The van der Waals surface area contributed by atoms with Crippen molar-refractivity contribution in [2.75, 3.05) is 12.4 Å². The van der Waals surface area contributed by atoms with Crippen LogP contribution in [0, 0.1) is 5.92 Å². The Bertz CT molecular complexity index is 1440. The van der Waals surface area contributed by atoms with E-state index in [1.165, 1.54) is 31.4 Å². The maximum atomic E-state index is 13.4. The number of nitrogens with one attached hydrogen (secondary N) is 1. The molecule has 11 nitrogen and oxygen atoms in total. The number of pyridine rings is 1. The van der Waals surface area contributed by atoms with E-state index in [1.54, 1.807) is 26.2 Å². The van der Waals surface area contributed by atoms with E-state index in [9.17, 15) is 34.2 Å². The number of hydrogen-bond donors (Lipinski definition) is 3. The van der Waals surface area contributed by atoms with Crippen LogP contribution in [0.2, 0.25) is 0 Å². The smallest absolute Gasteiger partial charge is 0.337 e. The van der Waals surface area contributed by atoms with E-state index in [4.69, 9.17) is 0 Å². The highest BCUT2D eigenvalue weighted by Crippen LogP contribution is 2.29. The van der Waals surface area contributed by atoms with Gasteiger partial charge in [0.1, 0.15) is 6.04 Å². The maximum Gasteiger partial charge on any atom is 0.337 e. The number of nitrogens with zero attached hydrogens (tertiary/aromatic N) is 2. The molecule has 1 aromatic heterocycles. The lowest BCUT2D eigenvalue weighted by Crippen LogP contribution is -2.51. The Labute approximate surface area is 255 Å². The Morgan fingerprint density at radius 3 is 2.05 bits per heavy atom. The second-order valence-corrected chi connectivity index (χ2v) is 10.8. The summed E-state index contributed by atoms with van der Waals surface area (Å²) in [5.74, 6) is -4.08. The van der Waals surface area contributed by atoms with Crippen molar-refractivity contribution in [1.82, 2.24) is 9.88 Å². The Hall–Kier alpha value is -5.06. The molecule has 0 aliphatic rings. The second-order valence-electron chi connectivity index (χ2n) is 10.8. The maximum absolute atomic E-state index is 13.4. The lowest BCUT2D eigenvalue weighted by atomic mass is 9.89. The van der Waals surface area contributed by atoms with Gasteiger partial charge in [-0.1, -0.05) is 38.1 Å². The van der Waals surface area contributed by atoms with Crippen LogP contribution in [0.15, 0.2) is 73.1 Å². The zero-order valence-corrected chi connectivity index (χ0v) is 24.9. The number of esters is 1. The number of carbonyl (C=O) groups is 5. The summed E-state index contributed by atoms with van der Waals surface area (Å²) in [5.41, 5.74) is 3.23. The topological polar surface area (TPSA) is 163 Å². The standard InChI is InChI=1S/C33H37N3O8/c1-21(2)19-28(31(40)41)36(33(43)35-27-13-11-25(12-14-27)32(42)44-3)29(37)6-4-5-26(20-30(38)39)23-9-7-22(8-10-23)24-15-17-34-18-16-24/h7-18,21,26,28H,4-6,19-20H2,1-3H3,(H,35,43)(H,38,39)(H,40,41)/t26-,28+/m1/s1. The summed E-state index contributed by atoms with van der Waals surface area (Å²) in [6.07, 6.45) is 3.66. The normalized spacial score (nSPS) is 12.2. The van der Waals surface area contributed by atoms with Gasteiger partial charge in [-0.3, -0.25) is 14.6 Å². The largest absolute Gasteiger partial charge is 0.481 e. The molecular formula is C33H37N3O8. The fourth-order valence-electron chi connectivity index (χ4n) is 4.89. The van der Waals surface area contributed by atoms with Gasteiger partial charge in [-0.2, -0.15) is 0 Å². The van der Waals surface area contributed by atoms with E-state index >= 15 is 0 Å². The van der Waals surface area contributed by atoms with Crippen LogP contribution in [-0.4, -0.2) is 63.1 Å². The number of methoxy groups -OCH3 is 1. The van der Waals surface area contributed by atoms with E-state index in [-0.39, 0.29) is 42.9 Å². The molecule has 3 aromatic rings. The number of anilines is 1. The Morgan fingerprint density at radius 2 is 1.50 bits per heavy atom. The van der Waals surface area contributed by atoms with Crippen LogP contribution in [0.1, 0.15) is 67.8 Å². The SMILES string of the molecule is COC(=O)c1ccc(NC(=O)N(C(=O)CCC[C@H](CC(=O)O)c2ccc(-c3ccncc3)cc2)[C@@H](CC(C)C)C(=O)O)cc1. The number of carboxylic acids is 2. The number of urea groups is 1. The molecule has 2 atom stereocenters. The van der Waals surface area contributed by atoms with Gasteiger partial charge in [-0.05, 0) is 84.2 Å². The first-order chi connectivity index (χ1) is 21.0. The van der Waals surface area contributed by atoms with Crippen LogP contribution in [0.25, 0.3) is 11.1 Å². The van der Waals surface area contributed by atoms with Gasteiger partial charge in [0.05, 0.1) is 19.1 Å². The van der Waals surface area contributed by atoms with Crippen molar-refractivity contribution < 1.29 is 38.9 Å². The van der Waals surface area contributed by atoms with Crippen molar-refractivity contribution in [3.8, 4) is 11.1 Å². The van der Waals surface area contributed by atoms with Crippen molar-refractivity contribution in [3.63, 3.8) is 0 Å². The van der Waals surface area contributed by atoms with E-state index in [0.717, 1.165) is 21.6 Å². The summed E-state index contributed by atoms with van der Waals surface area (Å²) in [5, 5.41) is 22.0. The third-order valence-electron chi connectivity index (χ3n) is 7.10. The number of rotatable bonds is 14. The summed E-state index contributed by atoms with van der Waals surface area (Å²) >= 11 is 0. The first-order valence-electron chi connectivity index (χ1n) is 14.3. The summed E-state index contributed by atoms with van der Waals surface area (Å²) in [7, 11) is 1.24. The second kappa shape index (κ2) is 16.0. The molecule has 3 rings (SSSR count). The zero-order valence-electron chi connectivity index (χ0n) is 24.9. The van der Waals surface area contributed by atoms with Crippen molar-refractivity contribution in [1.29, 1.82) is 0 Å². The monoisotopic (exact) mass is 603 g/mol. The van der Waals surface area contributed by atoms with Crippen LogP contribution >= 0.6 is 0 Å². The van der Waals surface area contributed by atoms with Crippen molar-refractivity contribution in [3.05, 3.63) is 84.2 Å². The molecule has 0 bridgehead atoms. The molecule has 0 saturated heterocycles. The third kappa shape index (κ3) is 9.48. The van der Waals surface area contributed by atoms with E-state index in [1.807, 2.05) is 36.4 Å². The highest BCUT2D eigenvalue weighted by Gasteiger charge is 2.35. The minimum Gasteiger partial charge on any atom is -0.481 e. The van der Waals surface area contributed by atoms with Crippen LogP contribution in [0.3, 0.4) is 0 Å². The molecule has 0 saturated carbocycles. The van der Waals surface area contributed by atoms with Gasteiger partial charge in [0.15, 0.2) is 0 Å². The number of benzene rings is 2. The van der Waals surface area contributed by atoms with Crippen molar-refractivity contribution >= 4 is 35.5 Å². The average molecular weight is 604 g/mol. The van der Waals surface area contributed by atoms with Crippen LogP contribution < -0.4 is 5.32 Å². The Balaban J connectivity index is 1.75. The summed E-state index contributed by atoms with van der Waals surface area (Å²) < 4.78 is 4.67. The highest BCUT2D eigenvalue weighted by atomic mass is 16.5. The van der Waals surface area contributed by atoms with Gasteiger partial charge in [-0.15, -0.1) is 0 Å². The molecule has 0 fully saturated rings. The molecule has 0 aliphatic heterocycles. The van der Waals surface area contributed by atoms with Crippen molar-refractivity contribution in [2.24, 2.45) is 5.92 Å². The van der Waals surface area contributed by atoms with Gasteiger partial charge in [0.25, 0.3) is 0 Å². The predicted octanol–water partition coefficient (Wildman–Crippen LogP) is 5.82. The Kier molecular flexibility index (Phi) is 12.1. The van der Waals surface area contributed by atoms with Gasteiger partial charge < -0.3 is 20.3 Å². The minimum atomic E-state index is -1.41. The van der Waals surface area contributed by atoms with Gasteiger partial charge in [-0.25, -0.2) is 19.3 Å². The number of hydrogen-bond acceptors (Lipinski definition) is 7. The molecule has 0 unspecified atom stereocenters. The van der Waals surface area contributed by atoms with Crippen LogP contribution in [-0.2, 0) is 19.1 Å². The number of carbonyl (C=O) groups excluding carboxylic acids is 3. The molecule has 1 heterocycles. The van der Waals surface area contributed by atoms with Crippen LogP contribution in [0.5, 0.6) is 0 Å². The first-order valence-corrected chi connectivity index (χ1v) is 14.3. The van der Waals surface area contributed by atoms with Gasteiger partial charge in [0.2, 0.25) is 5.91 Å². The summed E-state index contributed by atoms with van der Waals surface area (Å²) in [6, 6.07) is 14.7. The first kappa shape index (κ1) is 33.4. The molecule has 0 spiro atoms. The quantitative estimate of drug-likeness (QED) is 0.193. The molecule has 2 aromatic carbocycles. The molecule has 232 valence electrons. The molecule has 11 heteroatoms. The summed E-state index contributed by atoms with van der Waals surface area (Å²) in [4.78, 5) is 67.1. The van der Waals surface area contributed by atoms with E-state index < -0.39 is 41.8 Å².